The molecule has 0 saturated heterocycles. The number of hydrogen-bond acceptors (Lipinski definition) is 2. The zero-order valence-electron chi connectivity index (χ0n) is 10.4. The minimum Gasteiger partial charge on any atom is -0.330 e. The summed E-state index contributed by atoms with van der Waals surface area (Å²) < 4.78 is 0. The Balaban J connectivity index is 1.64. The van der Waals surface area contributed by atoms with Crippen molar-refractivity contribution in [2.45, 2.75) is 63.5 Å². The Morgan fingerprint density at radius 3 is 2.31 bits per heavy atom. The van der Waals surface area contributed by atoms with Gasteiger partial charge in [0, 0.05) is 18.6 Å². The van der Waals surface area contributed by atoms with Crippen molar-refractivity contribution in [1.29, 1.82) is 0 Å². The van der Waals surface area contributed by atoms with Gasteiger partial charge in [-0.1, -0.05) is 12.8 Å². The van der Waals surface area contributed by atoms with Gasteiger partial charge in [-0.2, -0.15) is 0 Å². The summed E-state index contributed by atoms with van der Waals surface area (Å²) in [5.74, 6) is 1.84. The summed E-state index contributed by atoms with van der Waals surface area (Å²) in [6.45, 7) is 2.31. The lowest BCUT2D eigenvalue weighted by Gasteiger charge is -2.40. The molecule has 3 fully saturated rings. The van der Waals surface area contributed by atoms with E-state index in [4.69, 9.17) is 5.73 Å². The summed E-state index contributed by atoms with van der Waals surface area (Å²) in [5.41, 5.74) is 5.97. The molecule has 0 radical (unpaired) electrons. The zero-order valence-corrected chi connectivity index (χ0v) is 10.4. The van der Waals surface area contributed by atoms with Gasteiger partial charge in [-0.3, -0.25) is 4.90 Å². The largest absolute Gasteiger partial charge is 0.330 e. The molecule has 0 aromatic carbocycles. The molecule has 3 aliphatic carbocycles. The van der Waals surface area contributed by atoms with Crippen LogP contribution in [0.25, 0.3) is 0 Å². The van der Waals surface area contributed by atoms with E-state index in [1.807, 2.05) is 0 Å². The summed E-state index contributed by atoms with van der Waals surface area (Å²) in [5, 5.41) is 0. The van der Waals surface area contributed by atoms with Gasteiger partial charge in [-0.05, 0) is 56.9 Å². The third-order valence-corrected chi connectivity index (χ3v) is 4.78. The molecule has 2 nitrogen and oxygen atoms in total. The minimum atomic E-state index is 0.799. The van der Waals surface area contributed by atoms with Crippen molar-refractivity contribution in [3.05, 3.63) is 0 Å². The van der Waals surface area contributed by atoms with Crippen LogP contribution in [-0.4, -0.2) is 30.1 Å². The van der Waals surface area contributed by atoms with Crippen molar-refractivity contribution < 1.29 is 0 Å². The van der Waals surface area contributed by atoms with Crippen LogP contribution < -0.4 is 5.73 Å². The number of hydrogen-bond donors (Lipinski definition) is 1. The standard InChI is InChI=1S/C14H26N2/c15-9-12-3-1-2-4-14(12)16(13-7-8-13)10-11-5-6-11/h11-14H,1-10,15H2. The fourth-order valence-electron chi connectivity index (χ4n) is 3.46. The molecule has 0 bridgehead atoms. The Morgan fingerprint density at radius 1 is 0.938 bits per heavy atom. The summed E-state index contributed by atoms with van der Waals surface area (Å²) >= 11 is 0. The van der Waals surface area contributed by atoms with Crippen molar-refractivity contribution in [3.63, 3.8) is 0 Å². The van der Waals surface area contributed by atoms with Crippen LogP contribution in [0.1, 0.15) is 51.4 Å². The van der Waals surface area contributed by atoms with Gasteiger partial charge in [0.05, 0.1) is 0 Å². The van der Waals surface area contributed by atoms with Crippen LogP contribution in [0, 0.1) is 11.8 Å². The van der Waals surface area contributed by atoms with Crippen molar-refractivity contribution in [1.82, 2.24) is 4.90 Å². The first kappa shape index (κ1) is 11.0. The molecular formula is C14H26N2. The average Bonchev–Trinajstić information content (AvgIpc) is 3.16. The number of nitrogens with two attached hydrogens (primary N) is 1. The van der Waals surface area contributed by atoms with Crippen LogP contribution in [0.5, 0.6) is 0 Å². The molecule has 3 aliphatic rings. The van der Waals surface area contributed by atoms with Crippen LogP contribution in [0.3, 0.4) is 0 Å². The Kier molecular flexibility index (Phi) is 3.21. The summed E-state index contributed by atoms with van der Waals surface area (Å²) in [6, 6.07) is 1.78. The predicted octanol–water partition coefficient (Wildman–Crippen LogP) is 2.38. The van der Waals surface area contributed by atoms with Crippen LogP contribution in [-0.2, 0) is 0 Å². The van der Waals surface area contributed by atoms with E-state index >= 15 is 0 Å². The van der Waals surface area contributed by atoms with Gasteiger partial charge >= 0.3 is 0 Å². The summed E-state index contributed by atoms with van der Waals surface area (Å²) in [7, 11) is 0. The van der Waals surface area contributed by atoms with E-state index < -0.39 is 0 Å². The molecule has 2 unspecified atom stereocenters. The van der Waals surface area contributed by atoms with Crippen molar-refractivity contribution in [2.75, 3.05) is 13.1 Å². The van der Waals surface area contributed by atoms with E-state index in [0.717, 1.165) is 30.5 Å². The maximum atomic E-state index is 5.97. The third kappa shape index (κ3) is 2.43. The molecule has 2 heteroatoms. The maximum Gasteiger partial charge on any atom is 0.0139 e. The third-order valence-electron chi connectivity index (χ3n) is 4.78. The van der Waals surface area contributed by atoms with Crippen molar-refractivity contribution >= 4 is 0 Å². The molecule has 0 aliphatic heterocycles. The van der Waals surface area contributed by atoms with E-state index in [0.29, 0.717) is 0 Å². The molecule has 2 N–H and O–H groups in total. The highest BCUT2D eigenvalue weighted by molar-refractivity contribution is 4.95. The first-order chi connectivity index (χ1) is 7.88. The lowest BCUT2D eigenvalue weighted by molar-refractivity contribution is 0.0943. The van der Waals surface area contributed by atoms with Crippen LogP contribution in [0.4, 0.5) is 0 Å². The van der Waals surface area contributed by atoms with Crippen LogP contribution in [0.2, 0.25) is 0 Å². The van der Waals surface area contributed by atoms with E-state index in [1.54, 1.807) is 0 Å². The molecule has 0 heterocycles. The van der Waals surface area contributed by atoms with Crippen LogP contribution >= 0.6 is 0 Å². The SMILES string of the molecule is NCC1CCCCC1N(CC1CC1)C1CC1. The molecule has 0 spiro atoms. The van der Waals surface area contributed by atoms with Gasteiger partial charge in [0.1, 0.15) is 0 Å². The van der Waals surface area contributed by atoms with Crippen LogP contribution in [0.15, 0.2) is 0 Å². The maximum absolute atomic E-state index is 5.97. The second-order valence-corrected chi connectivity index (χ2v) is 6.22. The monoisotopic (exact) mass is 222 g/mol. The fourth-order valence-corrected chi connectivity index (χ4v) is 3.46. The second kappa shape index (κ2) is 4.66. The van der Waals surface area contributed by atoms with Gasteiger partial charge in [0.25, 0.3) is 0 Å². The van der Waals surface area contributed by atoms with Gasteiger partial charge < -0.3 is 5.73 Å². The van der Waals surface area contributed by atoms with Crippen molar-refractivity contribution in [3.8, 4) is 0 Å². The van der Waals surface area contributed by atoms with Gasteiger partial charge in [0.15, 0.2) is 0 Å². The quantitative estimate of drug-likeness (QED) is 0.774. The Bertz CT molecular complexity index is 233. The molecular weight excluding hydrogens is 196 g/mol. The Morgan fingerprint density at radius 2 is 1.69 bits per heavy atom. The highest BCUT2D eigenvalue weighted by Crippen LogP contribution is 2.40. The highest BCUT2D eigenvalue weighted by atomic mass is 15.2. The Labute approximate surface area is 99.6 Å². The fraction of sp³-hybridized carbons (Fsp3) is 1.00. The van der Waals surface area contributed by atoms with Gasteiger partial charge in [-0.15, -0.1) is 0 Å². The topological polar surface area (TPSA) is 29.3 Å². The normalized spacial score (nSPS) is 35.6. The summed E-state index contributed by atoms with van der Waals surface area (Å²) in [4.78, 5) is 2.87. The van der Waals surface area contributed by atoms with Gasteiger partial charge in [0.2, 0.25) is 0 Å². The zero-order chi connectivity index (χ0) is 11.0. The molecule has 3 rings (SSSR count). The predicted molar refractivity (Wildman–Crippen MR) is 67.3 cm³/mol. The minimum absolute atomic E-state index is 0.799. The Hall–Kier alpha value is -0.0800. The first-order valence-electron chi connectivity index (χ1n) is 7.34. The molecule has 16 heavy (non-hydrogen) atoms. The number of nitrogens with zero attached hydrogens (tertiary/aromatic N) is 1. The second-order valence-electron chi connectivity index (χ2n) is 6.22. The van der Waals surface area contributed by atoms with E-state index in [9.17, 15) is 0 Å². The summed E-state index contributed by atoms with van der Waals surface area (Å²) in [6.07, 6.45) is 11.6. The highest BCUT2D eigenvalue weighted by Gasteiger charge is 2.40. The lowest BCUT2D eigenvalue weighted by Crippen LogP contribution is -2.47. The van der Waals surface area contributed by atoms with E-state index in [2.05, 4.69) is 4.90 Å². The van der Waals surface area contributed by atoms with E-state index in [1.165, 1.54) is 57.9 Å². The van der Waals surface area contributed by atoms with Gasteiger partial charge in [-0.25, -0.2) is 0 Å². The van der Waals surface area contributed by atoms with Crippen molar-refractivity contribution in [2.24, 2.45) is 17.6 Å². The smallest absolute Gasteiger partial charge is 0.0139 e. The van der Waals surface area contributed by atoms with E-state index in [-0.39, 0.29) is 0 Å². The average molecular weight is 222 g/mol. The molecule has 92 valence electrons. The molecule has 2 atom stereocenters. The molecule has 0 amide bonds. The molecule has 0 aromatic rings. The molecule has 3 saturated carbocycles. The number of rotatable bonds is 5. The molecule has 0 aromatic heterocycles. The first-order valence-corrected chi connectivity index (χ1v) is 7.34. The lowest BCUT2D eigenvalue weighted by atomic mass is 9.83.